The average Bonchev–Trinajstić information content (AvgIpc) is 3.41. The van der Waals surface area contributed by atoms with Crippen LogP contribution < -0.4 is 11.3 Å². The summed E-state index contributed by atoms with van der Waals surface area (Å²) in [5.74, 6) is 0.00707. The molecule has 44 heavy (non-hydrogen) atoms. The smallest absolute Gasteiger partial charge is 0.369 e. The van der Waals surface area contributed by atoms with Crippen molar-refractivity contribution < 1.29 is 22.9 Å². The van der Waals surface area contributed by atoms with E-state index in [1.54, 1.807) is 4.57 Å². The molecule has 0 fully saturated rings. The standard InChI is InChI=1S/C32H60N5O6P/c1-3-5-7-9-11-13-15-17-19-21-23-41-44(39,42-24-22-20-18-16-14-12-10-8-6-4-2)43-26-25-40-28-37-27-34-29-30(37)35-32(33)36-31(29)38/h27H,3-26,28H2,1-2H3,(H3,33,35,36,38). The molecule has 0 atom stereocenters. The largest absolute Gasteiger partial charge is 0.474 e. The van der Waals surface area contributed by atoms with Crippen molar-refractivity contribution in [3.05, 3.63) is 16.7 Å². The Balaban J connectivity index is 1.68. The zero-order chi connectivity index (χ0) is 31.7. The first-order chi connectivity index (χ1) is 21.5. The number of phosphoric ester groups is 1. The molecule has 3 N–H and O–H groups in total. The highest BCUT2D eigenvalue weighted by Crippen LogP contribution is 2.49. The third-order valence-electron chi connectivity index (χ3n) is 7.70. The summed E-state index contributed by atoms with van der Waals surface area (Å²) in [6, 6.07) is 0. The highest BCUT2D eigenvalue weighted by molar-refractivity contribution is 7.48. The number of nitrogens with two attached hydrogens (primary N) is 1. The fraction of sp³-hybridized carbons (Fsp3) is 0.844. The molecule has 0 spiro atoms. The number of ether oxygens (including phenoxy) is 1. The van der Waals surface area contributed by atoms with Gasteiger partial charge in [0.1, 0.15) is 6.73 Å². The molecule has 2 aromatic heterocycles. The van der Waals surface area contributed by atoms with Crippen LogP contribution in [0.1, 0.15) is 142 Å². The Bertz CT molecular complexity index is 1060. The van der Waals surface area contributed by atoms with Crippen LogP contribution in [0.2, 0.25) is 0 Å². The molecule has 2 aromatic rings. The molecule has 0 aromatic carbocycles. The van der Waals surface area contributed by atoms with E-state index in [0.29, 0.717) is 18.9 Å². The van der Waals surface area contributed by atoms with E-state index in [2.05, 4.69) is 28.8 Å². The van der Waals surface area contributed by atoms with Crippen molar-refractivity contribution in [3.8, 4) is 0 Å². The first-order valence-corrected chi connectivity index (χ1v) is 18.8. The van der Waals surface area contributed by atoms with E-state index in [1.807, 2.05) is 0 Å². The second-order valence-electron chi connectivity index (χ2n) is 11.7. The quantitative estimate of drug-likeness (QED) is 0.0632. The Kier molecular flexibility index (Phi) is 21.3. The molecule has 0 radical (unpaired) electrons. The Morgan fingerprint density at radius 2 is 1.16 bits per heavy atom. The average molecular weight is 642 g/mol. The third kappa shape index (κ3) is 17.1. The number of hydrogen-bond acceptors (Lipinski definition) is 9. The summed E-state index contributed by atoms with van der Waals surface area (Å²) in [5, 5.41) is 0. The van der Waals surface area contributed by atoms with Crippen LogP contribution in [0.25, 0.3) is 11.2 Å². The molecule has 0 saturated heterocycles. The molecule has 0 aliphatic heterocycles. The number of nitrogens with zero attached hydrogens (tertiary/aromatic N) is 3. The maximum atomic E-state index is 13.4. The minimum Gasteiger partial charge on any atom is -0.369 e. The molecule has 0 unspecified atom stereocenters. The minimum atomic E-state index is -3.70. The zero-order valence-corrected chi connectivity index (χ0v) is 28.5. The number of rotatable bonds is 30. The predicted molar refractivity (Wildman–Crippen MR) is 178 cm³/mol. The number of nitrogens with one attached hydrogen (secondary N) is 1. The van der Waals surface area contributed by atoms with Crippen molar-refractivity contribution in [3.63, 3.8) is 0 Å². The van der Waals surface area contributed by atoms with Crippen LogP contribution in [0.3, 0.4) is 0 Å². The number of anilines is 1. The lowest BCUT2D eigenvalue weighted by Crippen LogP contribution is -2.13. The summed E-state index contributed by atoms with van der Waals surface area (Å²) in [5.41, 5.74) is 5.76. The molecular formula is C32H60N5O6P. The van der Waals surface area contributed by atoms with Gasteiger partial charge in [-0.15, -0.1) is 0 Å². The van der Waals surface area contributed by atoms with Crippen LogP contribution in [-0.4, -0.2) is 45.9 Å². The van der Waals surface area contributed by atoms with Gasteiger partial charge >= 0.3 is 7.82 Å². The van der Waals surface area contributed by atoms with Gasteiger partial charge in [-0.25, -0.2) is 9.55 Å². The van der Waals surface area contributed by atoms with Gasteiger partial charge in [0.2, 0.25) is 5.95 Å². The van der Waals surface area contributed by atoms with Crippen LogP contribution in [0.4, 0.5) is 5.95 Å². The van der Waals surface area contributed by atoms with E-state index in [9.17, 15) is 9.36 Å². The molecule has 0 bridgehead atoms. The minimum absolute atomic E-state index is 0.00707. The van der Waals surface area contributed by atoms with Crippen LogP contribution in [0, 0.1) is 0 Å². The molecule has 0 aliphatic rings. The number of hydrogen-bond donors (Lipinski definition) is 2. The van der Waals surface area contributed by atoms with Crippen LogP contribution in [0.15, 0.2) is 11.1 Å². The first kappa shape index (κ1) is 38.4. The van der Waals surface area contributed by atoms with Gasteiger partial charge in [-0.1, -0.05) is 129 Å². The Labute approximate surface area is 265 Å². The summed E-state index contributed by atoms with van der Waals surface area (Å²) in [6.45, 7) is 5.44. The third-order valence-corrected chi connectivity index (χ3v) is 9.19. The van der Waals surface area contributed by atoms with Gasteiger partial charge in [0.25, 0.3) is 5.56 Å². The number of fused-ring (bicyclic) bond motifs is 1. The highest BCUT2D eigenvalue weighted by Gasteiger charge is 2.26. The highest BCUT2D eigenvalue weighted by atomic mass is 31.2. The SMILES string of the molecule is CCCCCCCCCCCCOP(=O)(OCCCCCCCCCCCC)OCCOCn1cnc2c(=O)[nH]c(N)nc21. The normalized spacial score (nSPS) is 12.0. The molecule has 0 amide bonds. The van der Waals surface area contributed by atoms with E-state index in [1.165, 1.54) is 96.2 Å². The fourth-order valence-electron chi connectivity index (χ4n) is 5.08. The second-order valence-corrected chi connectivity index (χ2v) is 13.4. The van der Waals surface area contributed by atoms with Crippen molar-refractivity contribution in [1.82, 2.24) is 19.5 Å². The van der Waals surface area contributed by atoms with Crippen molar-refractivity contribution in [2.75, 3.05) is 32.2 Å². The number of unbranched alkanes of at least 4 members (excludes halogenated alkanes) is 18. The van der Waals surface area contributed by atoms with Gasteiger partial charge in [0, 0.05) is 0 Å². The van der Waals surface area contributed by atoms with Crippen LogP contribution in [-0.2, 0) is 29.6 Å². The van der Waals surface area contributed by atoms with Crippen molar-refractivity contribution in [2.45, 2.75) is 149 Å². The number of aromatic nitrogens is 4. The number of phosphoric acid groups is 1. The summed E-state index contributed by atoms with van der Waals surface area (Å²) in [4.78, 5) is 22.6. The van der Waals surface area contributed by atoms with Gasteiger partial charge in [0.05, 0.1) is 32.8 Å². The summed E-state index contributed by atoms with van der Waals surface area (Å²) in [6.07, 6.45) is 25.8. The van der Waals surface area contributed by atoms with Gasteiger partial charge in [0.15, 0.2) is 11.2 Å². The second kappa shape index (κ2) is 24.5. The van der Waals surface area contributed by atoms with Gasteiger partial charge in [-0.05, 0) is 12.8 Å². The first-order valence-electron chi connectivity index (χ1n) is 17.3. The lowest BCUT2D eigenvalue weighted by Gasteiger charge is -2.18. The maximum Gasteiger partial charge on any atom is 0.474 e. The van der Waals surface area contributed by atoms with E-state index in [0.717, 1.165) is 38.5 Å². The Hall–Kier alpha value is -1.78. The monoisotopic (exact) mass is 641 g/mol. The Morgan fingerprint density at radius 1 is 0.705 bits per heavy atom. The molecule has 0 saturated carbocycles. The molecule has 2 heterocycles. The number of imidazole rings is 1. The summed E-state index contributed by atoms with van der Waals surface area (Å²) >= 11 is 0. The molecule has 12 heteroatoms. The van der Waals surface area contributed by atoms with Gasteiger partial charge < -0.3 is 10.5 Å². The van der Waals surface area contributed by atoms with Crippen molar-refractivity contribution in [2.24, 2.45) is 0 Å². The molecular weight excluding hydrogens is 581 g/mol. The zero-order valence-electron chi connectivity index (χ0n) is 27.6. The topological polar surface area (TPSA) is 144 Å². The van der Waals surface area contributed by atoms with Crippen LogP contribution >= 0.6 is 7.82 Å². The molecule has 0 aliphatic carbocycles. The maximum absolute atomic E-state index is 13.4. The number of nitrogen functional groups attached to an aromatic ring is 1. The lowest BCUT2D eigenvalue weighted by atomic mass is 10.1. The number of aromatic amines is 1. The predicted octanol–water partition coefficient (Wildman–Crippen LogP) is 8.68. The van der Waals surface area contributed by atoms with E-state index in [-0.39, 0.29) is 31.4 Å². The Morgan fingerprint density at radius 3 is 1.66 bits per heavy atom. The van der Waals surface area contributed by atoms with Gasteiger partial charge in [-0.2, -0.15) is 4.98 Å². The van der Waals surface area contributed by atoms with Crippen molar-refractivity contribution >= 4 is 24.9 Å². The number of H-pyrrole nitrogens is 1. The van der Waals surface area contributed by atoms with Gasteiger partial charge in [-0.3, -0.25) is 27.9 Å². The summed E-state index contributed by atoms with van der Waals surface area (Å²) < 4.78 is 37.7. The summed E-state index contributed by atoms with van der Waals surface area (Å²) in [7, 11) is -3.70. The molecule has 2 rings (SSSR count). The fourth-order valence-corrected chi connectivity index (χ4v) is 6.31. The van der Waals surface area contributed by atoms with E-state index in [4.69, 9.17) is 24.0 Å². The molecule has 254 valence electrons. The van der Waals surface area contributed by atoms with Crippen LogP contribution in [0.5, 0.6) is 0 Å². The van der Waals surface area contributed by atoms with E-state index >= 15 is 0 Å². The van der Waals surface area contributed by atoms with E-state index < -0.39 is 13.4 Å². The lowest BCUT2D eigenvalue weighted by molar-refractivity contribution is 0.0366. The van der Waals surface area contributed by atoms with Crippen molar-refractivity contribution in [1.29, 1.82) is 0 Å². The molecule has 11 nitrogen and oxygen atoms in total.